The van der Waals surface area contributed by atoms with Gasteiger partial charge in [-0.15, -0.1) is 0 Å². The maximum Gasteiger partial charge on any atom is 0.339 e. The Kier molecular flexibility index (Phi) is 4.49. The molecule has 2 heterocycles. The number of Topliss-reactive ketones (excluding diaryl/α,β-unsaturated/α-hetero) is 1. The zero-order valence-corrected chi connectivity index (χ0v) is 17.7. The Morgan fingerprint density at radius 2 is 2.00 bits per heavy atom. The molecule has 6 nitrogen and oxygen atoms in total. The summed E-state index contributed by atoms with van der Waals surface area (Å²) in [5, 5.41) is 0. The van der Waals surface area contributed by atoms with Gasteiger partial charge in [0.1, 0.15) is 12.4 Å². The minimum atomic E-state index is -3.98. The van der Waals surface area contributed by atoms with Crippen LogP contribution in [0.2, 0.25) is 0 Å². The van der Waals surface area contributed by atoms with Crippen molar-refractivity contribution in [3.8, 4) is 0 Å². The number of alkyl halides is 3. The summed E-state index contributed by atoms with van der Waals surface area (Å²) in [5.74, 6) is 0.257. The molecular weight excluding hydrogens is 425 g/mol. The minimum absolute atomic E-state index is 0.0413. The molecule has 0 N–H and O–H groups in total. The van der Waals surface area contributed by atoms with Gasteiger partial charge in [0.25, 0.3) is 0 Å². The molecule has 1 spiro atoms. The molecule has 2 saturated heterocycles. The second-order valence-electron chi connectivity index (χ2n) is 8.27. The third-order valence-electron chi connectivity index (χ3n) is 6.72. The van der Waals surface area contributed by atoms with E-state index in [-0.39, 0.29) is 35.2 Å². The summed E-state index contributed by atoms with van der Waals surface area (Å²) in [6.45, 7) is 3.57. The number of nitrogens with zero attached hydrogens (tertiary/aromatic N) is 1. The number of hydrogen-bond acceptors (Lipinski definition) is 5. The molecule has 2 saturated carbocycles. The second-order valence-corrected chi connectivity index (χ2v) is 12.3. The van der Waals surface area contributed by atoms with Gasteiger partial charge in [-0.05, 0) is 45.4 Å². The maximum atomic E-state index is 12.6. The summed E-state index contributed by atoms with van der Waals surface area (Å²) in [6, 6.07) is 0. The fraction of sp³-hybridized carbons (Fsp3) is 0.938. The van der Waals surface area contributed by atoms with E-state index in [2.05, 4.69) is 6.92 Å². The van der Waals surface area contributed by atoms with Gasteiger partial charge in [0.05, 0.1) is 17.2 Å². The molecule has 4 aliphatic rings. The number of carbonyl (C=O) groups excluding carboxylic acids is 1. The number of halogens is 3. The first kappa shape index (κ1) is 19.7. The zero-order chi connectivity index (χ0) is 19.1. The van der Waals surface area contributed by atoms with Crippen LogP contribution >= 0.6 is 34.8 Å². The van der Waals surface area contributed by atoms with Crippen LogP contribution in [-0.4, -0.2) is 52.7 Å². The maximum absolute atomic E-state index is 12.6. The van der Waals surface area contributed by atoms with E-state index in [1.165, 1.54) is 4.31 Å². The fourth-order valence-corrected chi connectivity index (χ4v) is 7.25. The van der Waals surface area contributed by atoms with Crippen LogP contribution in [0.5, 0.6) is 0 Å². The predicted molar refractivity (Wildman–Crippen MR) is 97.5 cm³/mol. The first-order valence-corrected chi connectivity index (χ1v) is 11.3. The molecular formula is C16H22Cl3NO5S. The highest BCUT2D eigenvalue weighted by Gasteiger charge is 2.73. The predicted octanol–water partition coefficient (Wildman–Crippen LogP) is 2.86. The first-order chi connectivity index (χ1) is 11.9. The van der Waals surface area contributed by atoms with Gasteiger partial charge in [-0.1, -0.05) is 34.8 Å². The van der Waals surface area contributed by atoms with E-state index in [0.29, 0.717) is 19.4 Å². The molecule has 0 aromatic heterocycles. The number of hydrogen-bond donors (Lipinski definition) is 0. The largest absolute Gasteiger partial charge is 0.366 e. The molecule has 0 radical (unpaired) electrons. The average Bonchev–Trinajstić information content (AvgIpc) is 3.39. The SMILES string of the molecule is CC(=O)[C@H]1CC[C@@]2(CN2S(=O)(=O)OCC(Cl)(Cl)Cl)[C@H]2CC[C@@]3(C)O[C@H]3[C@H]12. The van der Waals surface area contributed by atoms with Gasteiger partial charge in [-0.3, -0.25) is 8.98 Å². The summed E-state index contributed by atoms with van der Waals surface area (Å²) >= 11 is 16.8. The van der Waals surface area contributed by atoms with Gasteiger partial charge in [0.2, 0.25) is 3.79 Å². The highest BCUT2D eigenvalue weighted by Crippen LogP contribution is 2.65. The van der Waals surface area contributed by atoms with Gasteiger partial charge in [0, 0.05) is 18.4 Å². The van der Waals surface area contributed by atoms with Crippen LogP contribution in [0, 0.1) is 17.8 Å². The Hall–Kier alpha value is 0.370. The van der Waals surface area contributed by atoms with Crippen molar-refractivity contribution in [2.75, 3.05) is 13.2 Å². The molecule has 148 valence electrons. The van der Waals surface area contributed by atoms with Gasteiger partial charge < -0.3 is 4.74 Å². The van der Waals surface area contributed by atoms with Crippen LogP contribution < -0.4 is 0 Å². The van der Waals surface area contributed by atoms with Crippen molar-refractivity contribution >= 4 is 50.9 Å². The van der Waals surface area contributed by atoms with Gasteiger partial charge in [0.15, 0.2) is 0 Å². The van der Waals surface area contributed by atoms with Gasteiger partial charge in [-0.25, -0.2) is 0 Å². The summed E-state index contributed by atoms with van der Waals surface area (Å²) in [4.78, 5) is 12.2. The molecule has 4 fully saturated rings. The molecule has 2 aliphatic heterocycles. The molecule has 7 atom stereocenters. The third-order valence-corrected chi connectivity index (χ3v) is 8.50. The van der Waals surface area contributed by atoms with E-state index in [0.717, 1.165) is 12.8 Å². The summed E-state index contributed by atoms with van der Waals surface area (Å²) in [6.07, 6.45) is 3.09. The molecule has 0 amide bonds. The molecule has 0 bridgehead atoms. The molecule has 26 heavy (non-hydrogen) atoms. The highest BCUT2D eigenvalue weighted by atomic mass is 35.6. The van der Waals surface area contributed by atoms with Crippen molar-refractivity contribution in [3.63, 3.8) is 0 Å². The lowest BCUT2D eigenvalue weighted by Gasteiger charge is -2.45. The Balaban J connectivity index is 1.56. The monoisotopic (exact) mass is 445 g/mol. The third kappa shape index (κ3) is 3.11. The van der Waals surface area contributed by atoms with Crippen LogP contribution in [0.1, 0.15) is 39.5 Å². The smallest absolute Gasteiger partial charge is 0.339 e. The Morgan fingerprint density at radius 3 is 2.62 bits per heavy atom. The average molecular weight is 447 g/mol. The van der Waals surface area contributed by atoms with E-state index in [9.17, 15) is 13.2 Å². The van der Waals surface area contributed by atoms with E-state index < -0.39 is 26.2 Å². The molecule has 4 rings (SSSR count). The van der Waals surface area contributed by atoms with Crippen LogP contribution in [-0.2, 0) is 24.0 Å². The summed E-state index contributed by atoms with van der Waals surface area (Å²) < 4.78 is 35.7. The molecule has 2 aliphatic carbocycles. The van der Waals surface area contributed by atoms with E-state index in [1.807, 2.05) is 0 Å². The van der Waals surface area contributed by atoms with Crippen LogP contribution in [0.4, 0.5) is 0 Å². The molecule has 0 aromatic rings. The highest BCUT2D eigenvalue weighted by molar-refractivity contribution is 7.84. The van der Waals surface area contributed by atoms with Crippen LogP contribution in [0.15, 0.2) is 0 Å². The van der Waals surface area contributed by atoms with Crippen molar-refractivity contribution in [1.82, 2.24) is 4.31 Å². The van der Waals surface area contributed by atoms with Crippen LogP contribution in [0.3, 0.4) is 0 Å². The summed E-state index contributed by atoms with van der Waals surface area (Å²) in [5.41, 5.74) is -0.645. The number of rotatable bonds is 4. The van der Waals surface area contributed by atoms with Crippen molar-refractivity contribution < 1.29 is 22.1 Å². The number of carbonyl (C=O) groups is 1. The number of ketones is 1. The zero-order valence-electron chi connectivity index (χ0n) is 14.6. The van der Waals surface area contributed by atoms with E-state index in [4.69, 9.17) is 43.7 Å². The van der Waals surface area contributed by atoms with E-state index >= 15 is 0 Å². The molecule has 10 heteroatoms. The second kappa shape index (κ2) is 5.94. The quantitative estimate of drug-likeness (QED) is 0.490. The Bertz CT molecular complexity index is 741. The fourth-order valence-electron chi connectivity index (χ4n) is 5.39. The number of ether oxygens (including phenoxy) is 1. The molecule has 1 unspecified atom stereocenters. The van der Waals surface area contributed by atoms with Gasteiger partial charge >= 0.3 is 10.3 Å². The Morgan fingerprint density at radius 1 is 1.31 bits per heavy atom. The molecule has 0 aromatic carbocycles. The topological polar surface area (TPSA) is 76.0 Å². The lowest BCUT2D eigenvalue weighted by molar-refractivity contribution is -0.126. The van der Waals surface area contributed by atoms with Gasteiger partial charge in [-0.2, -0.15) is 12.7 Å². The Labute approximate surface area is 168 Å². The lowest BCUT2D eigenvalue weighted by atomic mass is 9.58. The van der Waals surface area contributed by atoms with Crippen molar-refractivity contribution in [2.45, 2.75) is 60.6 Å². The first-order valence-electron chi connectivity index (χ1n) is 8.82. The number of epoxide rings is 1. The van der Waals surface area contributed by atoms with Crippen LogP contribution in [0.25, 0.3) is 0 Å². The number of fused-ring (bicyclic) bond motifs is 4. The standard InChI is InChI=1S/C16H22Cl3NO5S/c1-9(21)10-3-6-15(11-4-5-14(2)13(25-14)12(10)11)7-20(15)26(22,23)24-8-16(17,18)19/h10-13H,3-8H2,1-2H3/t10-,11+,12-,13+,14-,15-,20?/m1/s1. The van der Waals surface area contributed by atoms with E-state index in [1.54, 1.807) is 6.92 Å². The lowest BCUT2D eigenvalue weighted by Crippen LogP contribution is -2.51. The summed E-state index contributed by atoms with van der Waals surface area (Å²) in [7, 11) is -3.98. The van der Waals surface area contributed by atoms with Crippen molar-refractivity contribution in [1.29, 1.82) is 0 Å². The van der Waals surface area contributed by atoms with Crippen molar-refractivity contribution in [2.24, 2.45) is 17.8 Å². The minimum Gasteiger partial charge on any atom is -0.366 e. The normalized spacial score (nSPS) is 47.2. The van der Waals surface area contributed by atoms with Crippen molar-refractivity contribution in [3.05, 3.63) is 0 Å².